The number of nitrogens with one attached hydrogen (secondary N) is 2. The molecule has 0 aliphatic carbocycles. The van der Waals surface area contributed by atoms with Gasteiger partial charge in [-0.05, 0) is 38.2 Å². The molecule has 0 aliphatic rings. The van der Waals surface area contributed by atoms with Crippen LogP contribution in [-0.2, 0) is 9.53 Å². The summed E-state index contributed by atoms with van der Waals surface area (Å²) in [6.45, 7) is 7.79. The van der Waals surface area contributed by atoms with Crippen LogP contribution in [0, 0.1) is 0 Å². The number of aromatic amines is 1. The van der Waals surface area contributed by atoms with Crippen LogP contribution >= 0.6 is 0 Å². The topological polar surface area (TPSA) is 83.7 Å². The number of nitrogens with zero attached hydrogens (tertiary/aromatic N) is 1. The number of esters is 1. The van der Waals surface area contributed by atoms with E-state index < -0.39 is 5.97 Å². The number of amides is 1. The molecule has 0 atom stereocenters. The number of H-pyrrole nitrogens is 1. The van der Waals surface area contributed by atoms with Gasteiger partial charge in [0.15, 0.2) is 0 Å². The van der Waals surface area contributed by atoms with Crippen molar-refractivity contribution in [1.29, 1.82) is 0 Å². The Balaban J connectivity index is 2.41. The third-order valence-electron chi connectivity index (χ3n) is 4.01. The fraction of sp³-hybridized carbons (Fsp3) is 0.444. The third-order valence-corrected chi connectivity index (χ3v) is 4.01. The van der Waals surface area contributed by atoms with Gasteiger partial charge in [0.1, 0.15) is 11.4 Å². The lowest BCUT2D eigenvalue weighted by molar-refractivity contribution is -0.117. The number of hydrogen-bond donors (Lipinski definition) is 2. The first kappa shape index (κ1) is 18.8. The van der Waals surface area contributed by atoms with E-state index in [9.17, 15) is 9.59 Å². The van der Waals surface area contributed by atoms with Gasteiger partial charge in [-0.25, -0.2) is 4.79 Å². The second-order valence-corrected chi connectivity index (χ2v) is 5.52. The minimum absolute atomic E-state index is 0.182. The normalized spacial score (nSPS) is 10.9. The third kappa shape index (κ3) is 4.30. The molecule has 0 saturated heterocycles. The molecular formula is C18H25N3O4. The van der Waals surface area contributed by atoms with Gasteiger partial charge in [-0.3, -0.25) is 9.69 Å². The summed E-state index contributed by atoms with van der Waals surface area (Å²) in [4.78, 5) is 29.7. The highest BCUT2D eigenvalue weighted by molar-refractivity contribution is 6.11. The van der Waals surface area contributed by atoms with Crippen LogP contribution in [0.3, 0.4) is 0 Å². The van der Waals surface area contributed by atoms with Gasteiger partial charge in [0.05, 0.1) is 25.9 Å². The average Bonchev–Trinajstić information content (AvgIpc) is 2.97. The molecule has 0 saturated carbocycles. The van der Waals surface area contributed by atoms with Gasteiger partial charge in [0.25, 0.3) is 0 Å². The van der Waals surface area contributed by atoms with E-state index in [1.165, 1.54) is 0 Å². The molecule has 1 aromatic carbocycles. The fourth-order valence-electron chi connectivity index (χ4n) is 2.61. The van der Waals surface area contributed by atoms with E-state index in [2.05, 4.69) is 10.3 Å². The van der Waals surface area contributed by atoms with Gasteiger partial charge >= 0.3 is 5.97 Å². The number of likely N-dealkylation sites (N-methyl/N-ethyl adjacent to an activating group) is 1. The maximum atomic E-state index is 12.4. The van der Waals surface area contributed by atoms with Crippen molar-refractivity contribution >= 4 is 28.5 Å². The summed E-state index contributed by atoms with van der Waals surface area (Å²) in [5.74, 6) is -0.0464. The Kier molecular flexibility index (Phi) is 6.41. The molecular weight excluding hydrogens is 322 g/mol. The highest BCUT2D eigenvalue weighted by Gasteiger charge is 2.21. The number of fused-ring (bicyclic) bond motifs is 1. The van der Waals surface area contributed by atoms with Crippen molar-refractivity contribution in [2.75, 3.05) is 38.7 Å². The van der Waals surface area contributed by atoms with Crippen molar-refractivity contribution in [2.45, 2.75) is 20.8 Å². The molecule has 1 amide bonds. The molecule has 2 N–H and O–H groups in total. The Bertz CT molecular complexity index is 750. The Morgan fingerprint density at radius 3 is 2.52 bits per heavy atom. The second kappa shape index (κ2) is 8.53. The first-order valence-corrected chi connectivity index (χ1v) is 8.43. The monoisotopic (exact) mass is 347 g/mol. The molecule has 0 fully saturated rings. The van der Waals surface area contributed by atoms with E-state index in [0.717, 1.165) is 18.6 Å². The molecule has 0 spiro atoms. The van der Waals surface area contributed by atoms with Crippen molar-refractivity contribution in [3.8, 4) is 5.75 Å². The van der Waals surface area contributed by atoms with Crippen molar-refractivity contribution in [3.05, 3.63) is 23.9 Å². The largest absolute Gasteiger partial charge is 0.497 e. The molecule has 2 aromatic rings. The number of ether oxygens (including phenoxy) is 2. The molecule has 7 nitrogen and oxygen atoms in total. The lowest BCUT2D eigenvalue weighted by Gasteiger charge is -2.17. The van der Waals surface area contributed by atoms with Crippen LogP contribution in [0.4, 0.5) is 5.69 Å². The first-order chi connectivity index (χ1) is 12.0. The van der Waals surface area contributed by atoms with E-state index in [0.29, 0.717) is 16.8 Å². The lowest BCUT2D eigenvalue weighted by atomic mass is 10.2. The Morgan fingerprint density at radius 1 is 1.20 bits per heavy atom. The van der Waals surface area contributed by atoms with Crippen LogP contribution in [-0.4, -0.2) is 55.1 Å². The molecule has 0 unspecified atom stereocenters. The number of hydrogen-bond acceptors (Lipinski definition) is 5. The Labute approximate surface area is 147 Å². The number of benzene rings is 1. The number of rotatable bonds is 8. The van der Waals surface area contributed by atoms with E-state index in [1.54, 1.807) is 32.2 Å². The molecule has 1 heterocycles. The van der Waals surface area contributed by atoms with Crippen LogP contribution in [0.25, 0.3) is 10.9 Å². The van der Waals surface area contributed by atoms with Crippen molar-refractivity contribution in [1.82, 2.24) is 9.88 Å². The molecule has 0 bridgehead atoms. The smallest absolute Gasteiger partial charge is 0.356 e. The number of anilines is 1. The molecule has 136 valence electrons. The maximum Gasteiger partial charge on any atom is 0.356 e. The van der Waals surface area contributed by atoms with Crippen molar-refractivity contribution in [3.63, 3.8) is 0 Å². The summed E-state index contributed by atoms with van der Waals surface area (Å²) in [6.07, 6.45) is 0. The highest BCUT2D eigenvalue weighted by atomic mass is 16.5. The zero-order valence-electron chi connectivity index (χ0n) is 15.1. The molecule has 7 heteroatoms. The fourth-order valence-corrected chi connectivity index (χ4v) is 2.61. The molecule has 0 radical (unpaired) electrons. The van der Waals surface area contributed by atoms with Crippen molar-refractivity contribution < 1.29 is 19.1 Å². The number of aromatic nitrogens is 1. The zero-order chi connectivity index (χ0) is 18.4. The van der Waals surface area contributed by atoms with Gasteiger partial charge in [0, 0.05) is 10.9 Å². The van der Waals surface area contributed by atoms with Crippen LogP contribution in [0.1, 0.15) is 31.3 Å². The second-order valence-electron chi connectivity index (χ2n) is 5.52. The van der Waals surface area contributed by atoms with E-state index in [1.807, 2.05) is 18.7 Å². The van der Waals surface area contributed by atoms with Crippen molar-refractivity contribution in [2.24, 2.45) is 0 Å². The van der Waals surface area contributed by atoms with Gasteiger partial charge in [-0.1, -0.05) is 13.8 Å². The maximum absolute atomic E-state index is 12.4. The zero-order valence-corrected chi connectivity index (χ0v) is 15.1. The molecule has 1 aromatic heterocycles. The van der Waals surface area contributed by atoms with E-state index in [4.69, 9.17) is 9.47 Å². The average molecular weight is 347 g/mol. The summed E-state index contributed by atoms with van der Waals surface area (Å²) in [7, 11) is 1.57. The number of methoxy groups -OCH3 is 1. The molecule has 25 heavy (non-hydrogen) atoms. The SMILES string of the molecule is CCOC(=O)c1[nH]c2ccc(OC)cc2c1NC(=O)CN(CC)CC. The predicted octanol–water partition coefficient (Wildman–Crippen LogP) is 2.63. The van der Waals surface area contributed by atoms with Crippen LogP contribution in [0.2, 0.25) is 0 Å². The van der Waals surface area contributed by atoms with E-state index in [-0.39, 0.29) is 24.8 Å². The number of carbonyl (C=O) groups is 2. The van der Waals surface area contributed by atoms with Crippen LogP contribution in [0.5, 0.6) is 5.75 Å². The summed E-state index contributed by atoms with van der Waals surface area (Å²) in [5, 5.41) is 3.56. The Morgan fingerprint density at radius 2 is 1.92 bits per heavy atom. The van der Waals surface area contributed by atoms with Crippen LogP contribution < -0.4 is 10.1 Å². The lowest BCUT2D eigenvalue weighted by Crippen LogP contribution is -2.33. The summed E-state index contributed by atoms with van der Waals surface area (Å²) >= 11 is 0. The highest BCUT2D eigenvalue weighted by Crippen LogP contribution is 2.31. The summed E-state index contributed by atoms with van der Waals surface area (Å²) in [6, 6.07) is 5.37. The predicted molar refractivity (Wildman–Crippen MR) is 97.2 cm³/mol. The summed E-state index contributed by atoms with van der Waals surface area (Å²) in [5.41, 5.74) is 1.38. The van der Waals surface area contributed by atoms with Gasteiger partial charge < -0.3 is 19.8 Å². The molecule has 0 aliphatic heterocycles. The number of carbonyl (C=O) groups excluding carboxylic acids is 2. The van der Waals surface area contributed by atoms with E-state index >= 15 is 0 Å². The first-order valence-electron chi connectivity index (χ1n) is 8.43. The standard InChI is InChI=1S/C18H25N3O4/c1-5-21(6-2)11-15(22)20-16-13-10-12(24-4)8-9-14(13)19-17(16)18(23)25-7-3/h8-10,19H,5-7,11H2,1-4H3,(H,20,22). The minimum Gasteiger partial charge on any atom is -0.497 e. The quantitative estimate of drug-likeness (QED) is 0.717. The summed E-state index contributed by atoms with van der Waals surface area (Å²) < 4.78 is 10.3. The van der Waals surface area contributed by atoms with Gasteiger partial charge in [-0.2, -0.15) is 0 Å². The Hall–Kier alpha value is -2.54. The van der Waals surface area contributed by atoms with Crippen LogP contribution in [0.15, 0.2) is 18.2 Å². The molecule has 2 rings (SSSR count). The van der Waals surface area contributed by atoms with Gasteiger partial charge in [-0.15, -0.1) is 0 Å². The van der Waals surface area contributed by atoms with Gasteiger partial charge in [0.2, 0.25) is 5.91 Å². The minimum atomic E-state index is -0.504.